The Labute approximate surface area is 77.7 Å². The van der Waals surface area contributed by atoms with Gasteiger partial charge in [-0.25, -0.2) is 0 Å². The van der Waals surface area contributed by atoms with Crippen molar-refractivity contribution in [2.75, 3.05) is 0 Å². The summed E-state index contributed by atoms with van der Waals surface area (Å²) in [5.74, 6) is 1.44. The largest absolute Gasteiger partial charge is 0.487 e. The number of carbonyl (C=O) groups is 1. The molecule has 0 aliphatic heterocycles. The van der Waals surface area contributed by atoms with Crippen molar-refractivity contribution in [3.63, 3.8) is 0 Å². The van der Waals surface area contributed by atoms with Crippen molar-refractivity contribution in [2.24, 2.45) is 0 Å². The molecule has 0 spiro atoms. The molecule has 72 valence electrons. The number of rotatable bonds is 3. The molecule has 3 nitrogen and oxygen atoms in total. The van der Waals surface area contributed by atoms with Gasteiger partial charge in [0.05, 0.1) is 6.10 Å². The van der Waals surface area contributed by atoms with Crippen LogP contribution in [0.1, 0.15) is 37.1 Å². The molecule has 0 saturated carbocycles. The number of ether oxygens (including phenoxy) is 1. The van der Waals surface area contributed by atoms with Crippen LogP contribution in [0.2, 0.25) is 0 Å². The third kappa shape index (κ3) is 2.34. The van der Waals surface area contributed by atoms with Gasteiger partial charge in [-0.3, -0.25) is 4.79 Å². The molecule has 0 radical (unpaired) electrons. The van der Waals surface area contributed by atoms with Gasteiger partial charge in [-0.2, -0.15) is 0 Å². The monoisotopic (exact) mass is 182 g/mol. The van der Waals surface area contributed by atoms with Crippen molar-refractivity contribution >= 4 is 5.78 Å². The second-order valence-electron chi connectivity index (χ2n) is 3.27. The van der Waals surface area contributed by atoms with Gasteiger partial charge in [0, 0.05) is 13.0 Å². The molecule has 0 saturated heterocycles. The molecule has 13 heavy (non-hydrogen) atoms. The number of hydrogen-bond donors (Lipinski definition) is 0. The number of Topliss-reactive ketones (excluding diaryl/α,β-unsaturated/α-hetero) is 1. The summed E-state index contributed by atoms with van der Waals surface area (Å²) < 4.78 is 10.6. The van der Waals surface area contributed by atoms with Crippen molar-refractivity contribution in [3.8, 4) is 5.75 Å². The Morgan fingerprint density at radius 3 is 2.62 bits per heavy atom. The van der Waals surface area contributed by atoms with Crippen LogP contribution in [0.3, 0.4) is 0 Å². The minimum absolute atomic E-state index is 0.0510. The zero-order chi connectivity index (χ0) is 10.0. The second kappa shape index (κ2) is 3.64. The third-order valence-corrected chi connectivity index (χ3v) is 1.50. The van der Waals surface area contributed by atoms with Crippen LogP contribution in [0.25, 0.3) is 0 Å². The normalized spacial score (nSPS) is 10.5. The van der Waals surface area contributed by atoms with E-state index in [1.165, 1.54) is 6.92 Å². The van der Waals surface area contributed by atoms with E-state index in [-0.39, 0.29) is 11.9 Å². The van der Waals surface area contributed by atoms with E-state index < -0.39 is 0 Å². The van der Waals surface area contributed by atoms with Crippen molar-refractivity contribution in [2.45, 2.75) is 33.8 Å². The molecule has 1 aromatic rings. The number of aryl methyl sites for hydroxylation is 1. The highest BCUT2D eigenvalue weighted by Crippen LogP contribution is 2.24. The number of ketones is 1. The van der Waals surface area contributed by atoms with E-state index in [1.807, 2.05) is 13.8 Å². The predicted molar refractivity (Wildman–Crippen MR) is 49.2 cm³/mol. The summed E-state index contributed by atoms with van der Waals surface area (Å²) in [7, 11) is 0. The Hall–Kier alpha value is -1.25. The van der Waals surface area contributed by atoms with Gasteiger partial charge in [-0.15, -0.1) is 0 Å². The SMILES string of the molecule is CC(=O)c1oc(C)cc1OC(C)C. The highest BCUT2D eigenvalue weighted by Gasteiger charge is 2.15. The molecule has 0 aromatic carbocycles. The van der Waals surface area contributed by atoms with Gasteiger partial charge in [0.15, 0.2) is 11.5 Å². The van der Waals surface area contributed by atoms with Crippen LogP contribution in [-0.2, 0) is 0 Å². The van der Waals surface area contributed by atoms with Crippen LogP contribution < -0.4 is 4.74 Å². The predicted octanol–water partition coefficient (Wildman–Crippen LogP) is 2.58. The number of carbonyl (C=O) groups excluding carboxylic acids is 1. The molecule has 0 atom stereocenters. The molecule has 0 bridgehead atoms. The van der Waals surface area contributed by atoms with Crippen LogP contribution in [0.4, 0.5) is 0 Å². The molecule has 0 aliphatic rings. The number of furan rings is 1. The van der Waals surface area contributed by atoms with Gasteiger partial charge in [0.25, 0.3) is 0 Å². The van der Waals surface area contributed by atoms with Crippen molar-refractivity contribution < 1.29 is 13.9 Å². The van der Waals surface area contributed by atoms with Gasteiger partial charge >= 0.3 is 0 Å². The highest BCUT2D eigenvalue weighted by molar-refractivity contribution is 5.94. The third-order valence-electron chi connectivity index (χ3n) is 1.50. The smallest absolute Gasteiger partial charge is 0.211 e. The summed E-state index contributed by atoms with van der Waals surface area (Å²) in [5, 5.41) is 0. The summed E-state index contributed by atoms with van der Waals surface area (Å²) in [5.41, 5.74) is 0. The van der Waals surface area contributed by atoms with Crippen LogP contribution in [0, 0.1) is 6.92 Å². The zero-order valence-electron chi connectivity index (χ0n) is 8.38. The molecular weight excluding hydrogens is 168 g/mol. The van der Waals surface area contributed by atoms with Crippen LogP contribution in [0.5, 0.6) is 5.75 Å². The minimum Gasteiger partial charge on any atom is -0.487 e. The van der Waals surface area contributed by atoms with Gasteiger partial charge in [-0.1, -0.05) is 0 Å². The average Bonchev–Trinajstić information content (AvgIpc) is 2.29. The maximum atomic E-state index is 11.1. The van der Waals surface area contributed by atoms with Gasteiger partial charge < -0.3 is 9.15 Å². The molecule has 1 heterocycles. The molecular formula is C10H14O3. The Bertz CT molecular complexity index is 310. The lowest BCUT2D eigenvalue weighted by Crippen LogP contribution is -2.07. The van der Waals surface area contributed by atoms with Crippen molar-refractivity contribution in [3.05, 3.63) is 17.6 Å². The summed E-state index contributed by atoms with van der Waals surface area (Å²) in [6, 6.07) is 1.73. The Balaban J connectivity index is 2.97. The van der Waals surface area contributed by atoms with E-state index in [1.54, 1.807) is 13.0 Å². The van der Waals surface area contributed by atoms with E-state index >= 15 is 0 Å². The standard InChI is InChI=1S/C10H14O3/c1-6(2)12-9-5-7(3)13-10(9)8(4)11/h5-6H,1-4H3. The molecule has 0 aliphatic carbocycles. The molecule has 3 heteroatoms. The molecule has 0 N–H and O–H groups in total. The molecule has 1 aromatic heterocycles. The highest BCUT2D eigenvalue weighted by atomic mass is 16.5. The molecule has 0 amide bonds. The lowest BCUT2D eigenvalue weighted by atomic mass is 10.3. The minimum atomic E-state index is -0.108. The summed E-state index contributed by atoms with van der Waals surface area (Å²) >= 11 is 0. The second-order valence-corrected chi connectivity index (χ2v) is 3.27. The Kier molecular flexibility index (Phi) is 2.76. The summed E-state index contributed by atoms with van der Waals surface area (Å²) in [4.78, 5) is 11.1. The fourth-order valence-electron chi connectivity index (χ4n) is 1.08. The summed E-state index contributed by atoms with van der Waals surface area (Å²) in [6.07, 6.45) is 0.0510. The first-order valence-electron chi connectivity index (χ1n) is 4.28. The van der Waals surface area contributed by atoms with Gasteiger partial charge in [0.1, 0.15) is 5.76 Å². The average molecular weight is 182 g/mol. The fraction of sp³-hybridized carbons (Fsp3) is 0.500. The topological polar surface area (TPSA) is 39.4 Å². The van der Waals surface area contributed by atoms with E-state index in [9.17, 15) is 4.79 Å². The zero-order valence-corrected chi connectivity index (χ0v) is 8.38. The first-order valence-corrected chi connectivity index (χ1v) is 4.28. The Morgan fingerprint density at radius 2 is 2.15 bits per heavy atom. The van der Waals surface area contributed by atoms with E-state index in [0.717, 1.165) is 0 Å². The van der Waals surface area contributed by atoms with Crippen molar-refractivity contribution in [1.82, 2.24) is 0 Å². The summed E-state index contributed by atoms with van der Waals surface area (Å²) in [6.45, 7) is 7.07. The van der Waals surface area contributed by atoms with E-state index in [2.05, 4.69) is 0 Å². The van der Waals surface area contributed by atoms with E-state index in [0.29, 0.717) is 17.3 Å². The maximum Gasteiger partial charge on any atom is 0.211 e. The lowest BCUT2D eigenvalue weighted by Gasteiger charge is -2.07. The molecule has 0 unspecified atom stereocenters. The maximum absolute atomic E-state index is 11.1. The fourth-order valence-corrected chi connectivity index (χ4v) is 1.08. The number of hydrogen-bond acceptors (Lipinski definition) is 3. The first kappa shape index (κ1) is 9.84. The van der Waals surface area contributed by atoms with Crippen LogP contribution in [-0.4, -0.2) is 11.9 Å². The molecule has 0 fully saturated rings. The quantitative estimate of drug-likeness (QED) is 0.674. The van der Waals surface area contributed by atoms with Crippen LogP contribution >= 0.6 is 0 Å². The lowest BCUT2D eigenvalue weighted by molar-refractivity contribution is 0.0978. The molecule has 1 rings (SSSR count). The Morgan fingerprint density at radius 1 is 1.54 bits per heavy atom. The van der Waals surface area contributed by atoms with Crippen LogP contribution in [0.15, 0.2) is 10.5 Å². The first-order chi connectivity index (χ1) is 6.00. The van der Waals surface area contributed by atoms with E-state index in [4.69, 9.17) is 9.15 Å². The van der Waals surface area contributed by atoms with Crippen molar-refractivity contribution in [1.29, 1.82) is 0 Å². The van der Waals surface area contributed by atoms with Gasteiger partial charge in [0.2, 0.25) is 5.76 Å². The van der Waals surface area contributed by atoms with Gasteiger partial charge in [-0.05, 0) is 20.8 Å².